The third kappa shape index (κ3) is 3.10. The Balaban J connectivity index is 1.56. The zero-order chi connectivity index (χ0) is 17.2. The number of nitrogens with one attached hydrogen (secondary N) is 1. The van der Waals surface area contributed by atoms with Crippen LogP contribution in [0.15, 0.2) is 54.7 Å². The zero-order valence-electron chi connectivity index (χ0n) is 14.2. The molecule has 0 atom stereocenters. The zero-order valence-corrected chi connectivity index (χ0v) is 15.0. The lowest BCUT2D eigenvalue weighted by molar-refractivity contribution is -0.344. The summed E-state index contributed by atoms with van der Waals surface area (Å²) < 4.78 is 5.51. The Hall–Kier alpha value is -2.46. The van der Waals surface area contributed by atoms with Gasteiger partial charge >= 0.3 is 0 Å². The number of halogens is 1. The fraction of sp³-hybridized carbons (Fsp3) is 0.250. The highest BCUT2D eigenvalue weighted by molar-refractivity contribution is 6.31. The smallest absolute Gasteiger partial charge is 0.214 e. The number of hydrogen-bond acceptors (Lipinski definition) is 3. The van der Waals surface area contributed by atoms with Crippen molar-refractivity contribution in [1.82, 2.24) is 0 Å². The molecule has 1 aromatic heterocycles. The van der Waals surface area contributed by atoms with Gasteiger partial charge in [-0.05, 0) is 24.3 Å². The normalized spacial score (nSPS) is 14.8. The number of fused-ring (bicyclic) bond motifs is 1. The molecule has 3 aromatic rings. The molecule has 1 aliphatic heterocycles. The van der Waals surface area contributed by atoms with Gasteiger partial charge in [-0.3, -0.25) is 0 Å². The molecule has 1 saturated heterocycles. The van der Waals surface area contributed by atoms with Gasteiger partial charge in [-0.15, -0.1) is 0 Å². The van der Waals surface area contributed by atoms with E-state index in [2.05, 4.69) is 39.0 Å². The number of para-hydroxylation sites is 2. The predicted molar refractivity (Wildman–Crippen MR) is 103 cm³/mol. The number of benzene rings is 2. The van der Waals surface area contributed by atoms with E-state index in [-0.39, 0.29) is 0 Å². The van der Waals surface area contributed by atoms with Gasteiger partial charge in [-0.1, -0.05) is 23.7 Å². The quantitative estimate of drug-likeness (QED) is 0.719. The second-order valence-electron chi connectivity index (χ2n) is 6.20. The fourth-order valence-electron chi connectivity index (χ4n) is 3.51. The minimum atomic E-state index is 0.752. The first kappa shape index (κ1) is 16.0. The molecule has 0 unspecified atom stereocenters. The van der Waals surface area contributed by atoms with Crippen LogP contribution in [0.4, 0.5) is 11.4 Å². The second-order valence-corrected chi connectivity index (χ2v) is 6.64. The summed E-state index contributed by atoms with van der Waals surface area (Å²) in [6.45, 7) is 3.88. The molecule has 2 aromatic carbocycles. The van der Waals surface area contributed by atoms with Gasteiger partial charge in [-0.25, -0.2) is 4.98 Å². The van der Waals surface area contributed by atoms with Crippen LogP contribution in [-0.4, -0.2) is 33.3 Å². The maximum atomic E-state index is 6.12. The molecule has 1 fully saturated rings. The van der Waals surface area contributed by atoms with Crippen LogP contribution in [0.1, 0.15) is 0 Å². The van der Waals surface area contributed by atoms with Crippen LogP contribution in [0.3, 0.4) is 0 Å². The molecule has 0 bridgehead atoms. The number of hydrogen-bond donors (Lipinski definition) is 0. The van der Waals surface area contributed by atoms with Crippen LogP contribution in [0.5, 0.6) is 5.75 Å². The molecule has 0 spiro atoms. The largest absolute Gasteiger partial charge is 0.495 e. The molecule has 1 N–H and O–H groups in total. The highest BCUT2D eigenvalue weighted by Crippen LogP contribution is 2.31. The van der Waals surface area contributed by atoms with Crippen molar-refractivity contribution >= 4 is 33.9 Å². The van der Waals surface area contributed by atoms with Crippen molar-refractivity contribution in [3.05, 3.63) is 59.8 Å². The Morgan fingerprint density at radius 3 is 2.40 bits per heavy atom. The van der Waals surface area contributed by atoms with Crippen LogP contribution in [0.25, 0.3) is 10.9 Å². The van der Waals surface area contributed by atoms with Gasteiger partial charge in [0.2, 0.25) is 5.52 Å². The van der Waals surface area contributed by atoms with Crippen LogP contribution in [-0.2, 0) is 0 Å². The van der Waals surface area contributed by atoms with Gasteiger partial charge in [0.05, 0.1) is 23.9 Å². The van der Waals surface area contributed by atoms with Gasteiger partial charge in [0, 0.05) is 43.3 Å². The Morgan fingerprint density at radius 2 is 1.64 bits per heavy atom. The Kier molecular flexibility index (Phi) is 4.36. The van der Waals surface area contributed by atoms with E-state index in [9.17, 15) is 0 Å². The van der Waals surface area contributed by atoms with E-state index < -0.39 is 0 Å². The average Bonchev–Trinajstić information content (AvgIpc) is 2.67. The number of aromatic nitrogens is 1. The number of piperazine rings is 1. The molecule has 128 valence electrons. The van der Waals surface area contributed by atoms with Gasteiger partial charge in [-0.2, -0.15) is 0 Å². The van der Waals surface area contributed by atoms with Crippen molar-refractivity contribution in [2.75, 3.05) is 43.1 Å². The van der Waals surface area contributed by atoms with E-state index in [0.717, 1.165) is 42.5 Å². The summed E-state index contributed by atoms with van der Waals surface area (Å²) >= 11 is 6.12. The lowest BCUT2D eigenvalue weighted by atomic mass is 10.1. The number of anilines is 2. The standard InChI is InChI=1S/C20H20ClN3O/c1-25-20-5-3-2-4-19(20)24-12-10-23(11-13-24)18-8-9-22-17-14-15(21)6-7-16(17)18/h2-9,14H,10-13H2,1H3/p+1. The van der Waals surface area contributed by atoms with E-state index in [0.29, 0.717) is 0 Å². The summed E-state index contributed by atoms with van der Waals surface area (Å²) in [7, 11) is 1.73. The summed E-state index contributed by atoms with van der Waals surface area (Å²) in [6.07, 6.45) is 1.99. The Labute approximate surface area is 152 Å². The molecule has 2 heterocycles. The summed E-state index contributed by atoms with van der Waals surface area (Å²) in [6, 6.07) is 16.4. The minimum Gasteiger partial charge on any atom is -0.495 e. The number of pyridine rings is 1. The summed E-state index contributed by atoms with van der Waals surface area (Å²) in [4.78, 5) is 8.12. The van der Waals surface area contributed by atoms with E-state index >= 15 is 0 Å². The predicted octanol–water partition coefficient (Wildman–Crippen LogP) is 3.64. The summed E-state index contributed by atoms with van der Waals surface area (Å²) in [5, 5.41) is 1.96. The second kappa shape index (κ2) is 6.81. The van der Waals surface area contributed by atoms with Crippen molar-refractivity contribution in [3.8, 4) is 5.75 Å². The number of rotatable bonds is 3. The Morgan fingerprint density at radius 1 is 0.920 bits per heavy atom. The maximum Gasteiger partial charge on any atom is 0.214 e. The molecule has 25 heavy (non-hydrogen) atoms. The molecule has 4 nitrogen and oxygen atoms in total. The Bertz CT molecular complexity index is 891. The van der Waals surface area contributed by atoms with Crippen LogP contribution < -0.4 is 19.5 Å². The van der Waals surface area contributed by atoms with E-state index in [1.54, 1.807) is 7.11 Å². The SMILES string of the molecule is COc1ccccc1N1CCN(c2cc[nH+]c3cc(Cl)ccc23)CC1. The van der Waals surface area contributed by atoms with E-state index in [4.69, 9.17) is 16.3 Å². The summed E-state index contributed by atoms with van der Waals surface area (Å²) in [5.41, 5.74) is 3.49. The summed E-state index contributed by atoms with van der Waals surface area (Å²) in [5.74, 6) is 0.936. The topological polar surface area (TPSA) is 29.9 Å². The van der Waals surface area contributed by atoms with Crippen molar-refractivity contribution in [2.45, 2.75) is 0 Å². The number of ether oxygens (including phenoxy) is 1. The highest BCUT2D eigenvalue weighted by atomic mass is 35.5. The van der Waals surface area contributed by atoms with Gasteiger partial charge in [0.25, 0.3) is 0 Å². The number of nitrogens with zero attached hydrogens (tertiary/aromatic N) is 2. The average molecular weight is 355 g/mol. The highest BCUT2D eigenvalue weighted by Gasteiger charge is 2.21. The molecule has 0 saturated carbocycles. The minimum absolute atomic E-state index is 0.752. The van der Waals surface area contributed by atoms with Crippen LogP contribution in [0.2, 0.25) is 5.02 Å². The lowest BCUT2D eigenvalue weighted by Crippen LogP contribution is -2.46. The van der Waals surface area contributed by atoms with Crippen LogP contribution >= 0.6 is 11.6 Å². The molecule has 0 amide bonds. The molecule has 4 rings (SSSR count). The first-order valence-electron chi connectivity index (χ1n) is 8.49. The third-order valence-corrected chi connectivity index (χ3v) is 5.02. The number of H-pyrrole nitrogens is 1. The number of methoxy groups -OCH3 is 1. The molecular formula is C20H21ClN3O+. The van der Waals surface area contributed by atoms with E-state index in [1.165, 1.54) is 16.8 Å². The number of aromatic amines is 1. The fourth-order valence-corrected chi connectivity index (χ4v) is 3.69. The molecule has 0 aliphatic carbocycles. The van der Waals surface area contributed by atoms with Crippen molar-refractivity contribution in [2.24, 2.45) is 0 Å². The van der Waals surface area contributed by atoms with Gasteiger partial charge in [0.15, 0.2) is 6.20 Å². The van der Waals surface area contributed by atoms with E-state index in [1.807, 2.05) is 30.5 Å². The van der Waals surface area contributed by atoms with Crippen molar-refractivity contribution < 1.29 is 9.72 Å². The molecule has 1 aliphatic rings. The van der Waals surface area contributed by atoms with Crippen LogP contribution in [0, 0.1) is 0 Å². The van der Waals surface area contributed by atoms with Crippen molar-refractivity contribution in [1.29, 1.82) is 0 Å². The monoisotopic (exact) mass is 354 g/mol. The molecule has 5 heteroatoms. The first-order chi connectivity index (χ1) is 12.3. The maximum absolute atomic E-state index is 6.12. The van der Waals surface area contributed by atoms with Gasteiger partial charge < -0.3 is 14.5 Å². The first-order valence-corrected chi connectivity index (χ1v) is 8.87. The molecular weight excluding hydrogens is 334 g/mol. The van der Waals surface area contributed by atoms with Gasteiger partial charge in [0.1, 0.15) is 5.75 Å². The third-order valence-electron chi connectivity index (χ3n) is 4.78. The molecule has 0 radical (unpaired) electrons. The lowest BCUT2D eigenvalue weighted by Gasteiger charge is -2.37. The van der Waals surface area contributed by atoms with Crippen molar-refractivity contribution in [3.63, 3.8) is 0 Å².